The zero-order valence-corrected chi connectivity index (χ0v) is 12.6. The molecule has 128 valence electrons. The Hall–Kier alpha value is -1.76. The predicted molar refractivity (Wildman–Crippen MR) is 78.2 cm³/mol. The van der Waals surface area contributed by atoms with E-state index in [-0.39, 0.29) is 17.7 Å². The Kier molecular flexibility index (Phi) is 5.87. The Bertz CT molecular complexity index is 526. The molecular weight excluding hydrogens is 311 g/mol. The lowest BCUT2D eigenvalue weighted by atomic mass is 9.86. The average Bonchev–Trinajstić information content (AvgIpc) is 2.51. The number of carbonyl (C=O) groups is 1. The number of benzene rings is 1. The van der Waals surface area contributed by atoms with E-state index in [4.69, 9.17) is 9.84 Å². The normalized spacial score (nSPS) is 21.9. The van der Waals surface area contributed by atoms with Gasteiger partial charge in [-0.05, 0) is 31.7 Å². The van der Waals surface area contributed by atoms with Crippen LogP contribution in [0.25, 0.3) is 0 Å². The van der Waals surface area contributed by atoms with Gasteiger partial charge in [0.15, 0.2) is 6.61 Å². The fraction of sp³-hybridized carbons (Fsp3) is 0.562. The molecule has 0 spiro atoms. The van der Waals surface area contributed by atoms with Crippen LogP contribution in [0.1, 0.15) is 31.2 Å². The number of rotatable bonds is 6. The van der Waals surface area contributed by atoms with Crippen molar-refractivity contribution in [2.24, 2.45) is 5.92 Å². The molecule has 1 aliphatic carbocycles. The Labute approximate surface area is 132 Å². The van der Waals surface area contributed by atoms with Gasteiger partial charge in [-0.15, -0.1) is 0 Å². The topological polar surface area (TPSA) is 58.6 Å². The van der Waals surface area contributed by atoms with Crippen LogP contribution in [0.15, 0.2) is 24.3 Å². The van der Waals surface area contributed by atoms with Gasteiger partial charge in [0.05, 0.1) is 5.92 Å². The quantitative estimate of drug-likeness (QED) is 0.839. The van der Waals surface area contributed by atoms with E-state index < -0.39 is 18.8 Å². The number of hydrogen-bond donors (Lipinski definition) is 2. The van der Waals surface area contributed by atoms with Crippen LogP contribution in [0.2, 0.25) is 0 Å². The van der Waals surface area contributed by atoms with E-state index in [1.807, 2.05) is 0 Å². The lowest BCUT2D eigenvalue weighted by Gasteiger charge is -2.27. The number of hydrogen-bond acceptors (Lipinski definition) is 3. The number of aliphatic carboxylic acids is 1. The molecule has 0 radical (unpaired) electrons. The highest BCUT2D eigenvalue weighted by Crippen LogP contribution is 2.26. The molecule has 23 heavy (non-hydrogen) atoms. The lowest BCUT2D eigenvalue weighted by molar-refractivity contribution is -0.153. The number of nitrogens with one attached hydrogen (secondary N) is 1. The highest BCUT2D eigenvalue weighted by atomic mass is 19.4. The molecule has 0 atom stereocenters. The number of carboxylic acids is 1. The van der Waals surface area contributed by atoms with Crippen molar-refractivity contribution in [2.45, 2.75) is 44.4 Å². The third kappa shape index (κ3) is 5.74. The highest BCUT2D eigenvalue weighted by molar-refractivity contribution is 5.70. The maximum Gasteiger partial charge on any atom is 0.422 e. The maximum absolute atomic E-state index is 12.3. The number of alkyl halides is 3. The summed E-state index contributed by atoms with van der Waals surface area (Å²) in [5.74, 6) is -0.818. The van der Waals surface area contributed by atoms with Crippen molar-refractivity contribution in [3.63, 3.8) is 0 Å². The largest absolute Gasteiger partial charge is 0.484 e. The molecule has 0 saturated heterocycles. The predicted octanol–water partition coefficient (Wildman–Crippen LogP) is 3.36. The maximum atomic E-state index is 12.3. The van der Waals surface area contributed by atoms with Crippen molar-refractivity contribution in [1.29, 1.82) is 0 Å². The minimum absolute atomic E-state index is 0.182. The Morgan fingerprint density at radius 3 is 2.48 bits per heavy atom. The standard InChI is InChI=1S/C16H20F3NO3/c17-16(18,19)10-23-14-4-2-1-3-12(14)9-20-13-7-5-11(6-8-13)15(21)22/h1-4,11,13,20H,5-10H2,(H,21,22). The van der Waals surface area contributed by atoms with Gasteiger partial charge < -0.3 is 15.2 Å². The second kappa shape index (κ2) is 7.68. The molecule has 0 aromatic heterocycles. The van der Waals surface area contributed by atoms with Crippen molar-refractivity contribution in [1.82, 2.24) is 5.32 Å². The van der Waals surface area contributed by atoms with E-state index in [1.165, 1.54) is 6.07 Å². The average molecular weight is 331 g/mol. The zero-order valence-electron chi connectivity index (χ0n) is 12.6. The van der Waals surface area contributed by atoms with Gasteiger partial charge in [-0.2, -0.15) is 13.2 Å². The molecule has 0 bridgehead atoms. The summed E-state index contributed by atoms with van der Waals surface area (Å²) in [4.78, 5) is 10.9. The van der Waals surface area contributed by atoms with Crippen LogP contribution >= 0.6 is 0 Å². The van der Waals surface area contributed by atoms with Gasteiger partial charge in [0.25, 0.3) is 0 Å². The van der Waals surface area contributed by atoms with Crippen LogP contribution in [0, 0.1) is 5.92 Å². The van der Waals surface area contributed by atoms with Gasteiger partial charge in [-0.3, -0.25) is 4.79 Å². The van der Waals surface area contributed by atoms with Crippen LogP contribution in [-0.4, -0.2) is 29.9 Å². The Morgan fingerprint density at radius 1 is 1.22 bits per heavy atom. The number of ether oxygens (including phenoxy) is 1. The first-order chi connectivity index (χ1) is 10.8. The number of para-hydroxylation sites is 1. The van der Waals surface area contributed by atoms with Gasteiger partial charge in [-0.1, -0.05) is 18.2 Å². The zero-order chi connectivity index (χ0) is 16.9. The number of carboxylic acid groups (broad SMARTS) is 1. The van der Waals surface area contributed by atoms with Crippen LogP contribution in [0.3, 0.4) is 0 Å². The molecule has 0 unspecified atom stereocenters. The molecule has 7 heteroatoms. The first kappa shape index (κ1) is 17.6. The molecule has 2 N–H and O–H groups in total. The fourth-order valence-corrected chi connectivity index (χ4v) is 2.75. The third-order valence-corrected chi connectivity index (χ3v) is 4.02. The van der Waals surface area contributed by atoms with Gasteiger partial charge in [0, 0.05) is 18.2 Å². The van der Waals surface area contributed by atoms with E-state index in [2.05, 4.69) is 5.32 Å². The summed E-state index contributed by atoms with van der Waals surface area (Å²) in [5.41, 5.74) is 0.664. The first-order valence-corrected chi connectivity index (χ1v) is 7.59. The molecule has 1 aliphatic rings. The summed E-state index contributed by atoms with van der Waals surface area (Å²) in [6.45, 7) is -0.913. The summed E-state index contributed by atoms with van der Waals surface area (Å²) >= 11 is 0. The number of halogens is 3. The Morgan fingerprint density at radius 2 is 1.87 bits per heavy atom. The smallest absolute Gasteiger partial charge is 0.422 e. The summed E-state index contributed by atoms with van der Waals surface area (Å²) in [5, 5.41) is 12.2. The van der Waals surface area contributed by atoms with Crippen molar-refractivity contribution < 1.29 is 27.8 Å². The first-order valence-electron chi connectivity index (χ1n) is 7.59. The van der Waals surface area contributed by atoms with E-state index in [0.29, 0.717) is 24.9 Å². The SMILES string of the molecule is O=C(O)C1CCC(NCc2ccccc2OCC(F)(F)F)CC1. The molecule has 0 heterocycles. The minimum Gasteiger partial charge on any atom is -0.484 e. The second-order valence-corrected chi connectivity index (χ2v) is 5.78. The third-order valence-electron chi connectivity index (χ3n) is 4.02. The summed E-state index contributed by atoms with van der Waals surface area (Å²) in [6, 6.07) is 6.80. The fourth-order valence-electron chi connectivity index (χ4n) is 2.75. The van der Waals surface area contributed by atoms with Crippen LogP contribution < -0.4 is 10.1 Å². The summed E-state index contributed by atoms with van der Waals surface area (Å²) < 4.78 is 41.6. The van der Waals surface area contributed by atoms with Gasteiger partial charge in [0.2, 0.25) is 0 Å². The monoisotopic (exact) mass is 331 g/mol. The molecule has 1 aromatic carbocycles. The van der Waals surface area contributed by atoms with Gasteiger partial charge in [-0.25, -0.2) is 0 Å². The molecule has 1 aromatic rings. The van der Waals surface area contributed by atoms with E-state index in [9.17, 15) is 18.0 Å². The second-order valence-electron chi connectivity index (χ2n) is 5.78. The highest BCUT2D eigenvalue weighted by Gasteiger charge is 2.29. The lowest BCUT2D eigenvalue weighted by Crippen LogP contribution is -2.34. The van der Waals surface area contributed by atoms with Gasteiger partial charge >= 0.3 is 12.1 Å². The van der Waals surface area contributed by atoms with E-state index in [1.54, 1.807) is 18.2 Å². The van der Waals surface area contributed by atoms with Gasteiger partial charge in [0.1, 0.15) is 5.75 Å². The molecule has 0 amide bonds. The van der Waals surface area contributed by atoms with Crippen molar-refractivity contribution in [2.75, 3.05) is 6.61 Å². The van der Waals surface area contributed by atoms with Crippen LogP contribution in [0.4, 0.5) is 13.2 Å². The van der Waals surface area contributed by atoms with Crippen molar-refractivity contribution in [3.8, 4) is 5.75 Å². The van der Waals surface area contributed by atoms with E-state index >= 15 is 0 Å². The summed E-state index contributed by atoms with van der Waals surface area (Å²) in [7, 11) is 0. The Balaban J connectivity index is 1.85. The van der Waals surface area contributed by atoms with E-state index in [0.717, 1.165) is 12.8 Å². The molecular formula is C16H20F3NO3. The van der Waals surface area contributed by atoms with Crippen LogP contribution in [0.5, 0.6) is 5.75 Å². The molecule has 1 fully saturated rings. The molecule has 1 saturated carbocycles. The summed E-state index contributed by atoms with van der Waals surface area (Å²) in [6.07, 6.45) is -1.61. The molecule has 4 nitrogen and oxygen atoms in total. The molecule has 0 aliphatic heterocycles. The van der Waals surface area contributed by atoms with Crippen molar-refractivity contribution in [3.05, 3.63) is 29.8 Å². The van der Waals surface area contributed by atoms with Crippen molar-refractivity contribution >= 4 is 5.97 Å². The minimum atomic E-state index is -4.37. The van der Waals surface area contributed by atoms with Crippen LogP contribution in [-0.2, 0) is 11.3 Å². The molecule has 2 rings (SSSR count).